The first-order valence-electron chi connectivity index (χ1n) is 8.04. The Morgan fingerprint density at radius 3 is 2.50 bits per heavy atom. The average molecular weight is 334 g/mol. The lowest BCUT2D eigenvalue weighted by molar-refractivity contribution is -0.389. The molecular formula is C16H22N4O4. The third-order valence-corrected chi connectivity index (χ3v) is 4.66. The molecule has 8 heteroatoms. The highest BCUT2D eigenvalue weighted by Gasteiger charge is 2.52. The number of likely N-dealkylation sites (tertiary alicyclic amines) is 1. The number of anilines is 1. The van der Waals surface area contributed by atoms with Crippen LogP contribution in [0.1, 0.15) is 27.7 Å². The lowest BCUT2D eigenvalue weighted by Gasteiger charge is -2.35. The average Bonchev–Trinajstić information content (AvgIpc) is 2.98. The highest BCUT2D eigenvalue weighted by atomic mass is 16.6. The van der Waals surface area contributed by atoms with E-state index in [4.69, 9.17) is 4.74 Å². The van der Waals surface area contributed by atoms with Gasteiger partial charge in [-0.05, 0) is 36.7 Å². The Balaban J connectivity index is 1.72. The van der Waals surface area contributed by atoms with Gasteiger partial charge in [-0.15, -0.1) is 0 Å². The Morgan fingerprint density at radius 2 is 2.04 bits per heavy atom. The van der Waals surface area contributed by atoms with Crippen molar-refractivity contribution < 1.29 is 14.5 Å². The Bertz CT molecular complexity index is 655. The molecule has 1 amide bonds. The first kappa shape index (κ1) is 16.5. The molecule has 0 radical (unpaired) electrons. The molecule has 3 heterocycles. The number of nitrogens with zero attached hydrogens (tertiary/aromatic N) is 4. The maximum absolute atomic E-state index is 12.4. The van der Waals surface area contributed by atoms with Gasteiger partial charge in [0.25, 0.3) is 0 Å². The zero-order valence-corrected chi connectivity index (χ0v) is 14.3. The number of amides is 1. The fourth-order valence-corrected chi connectivity index (χ4v) is 3.51. The molecule has 0 aromatic carbocycles. The van der Waals surface area contributed by atoms with Crippen LogP contribution in [0.4, 0.5) is 16.3 Å². The molecule has 2 aliphatic heterocycles. The zero-order valence-electron chi connectivity index (χ0n) is 14.3. The van der Waals surface area contributed by atoms with Crippen molar-refractivity contribution in [2.75, 3.05) is 18.0 Å². The highest BCUT2D eigenvalue weighted by Crippen LogP contribution is 2.39. The quantitative estimate of drug-likeness (QED) is 0.609. The van der Waals surface area contributed by atoms with E-state index in [1.165, 1.54) is 12.3 Å². The zero-order chi connectivity index (χ0) is 17.6. The minimum absolute atomic E-state index is 0.0834. The molecule has 3 atom stereocenters. The van der Waals surface area contributed by atoms with E-state index < -0.39 is 10.5 Å². The fourth-order valence-electron chi connectivity index (χ4n) is 3.51. The predicted molar refractivity (Wildman–Crippen MR) is 87.9 cm³/mol. The molecule has 0 N–H and O–H groups in total. The van der Waals surface area contributed by atoms with Gasteiger partial charge in [0.2, 0.25) is 0 Å². The lowest BCUT2D eigenvalue weighted by atomic mass is 10.0. The normalized spacial score (nSPS) is 25.9. The van der Waals surface area contributed by atoms with Crippen LogP contribution in [-0.4, -0.2) is 51.7 Å². The second-order valence-corrected chi connectivity index (χ2v) is 7.41. The van der Waals surface area contributed by atoms with E-state index >= 15 is 0 Å². The number of ether oxygens (including phenoxy) is 1. The molecule has 2 aliphatic rings. The first-order chi connectivity index (χ1) is 11.2. The summed E-state index contributed by atoms with van der Waals surface area (Å²) in [6, 6.07) is 3.39. The van der Waals surface area contributed by atoms with Gasteiger partial charge >= 0.3 is 11.9 Å². The number of carbonyl (C=O) groups is 1. The molecule has 24 heavy (non-hydrogen) atoms. The molecule has 1 aromatic rings. The molecule has 0 saturated carbocycles. The topological polar surface area (TPSA) is 88.8 Å². The number of aromatic nitrogens is 1. The molecule has 0 aliphatic carbocycles. The Hall–Kier alpha value is -2.38. The van der Waals surface area contributed by atoms with Gasteiger partial charge in [-0.1, -0.05) is 6.92 Å². The minimum atomic E-state index is -0.510. The van der Waals surface area contributed by atoms with Gasteiger partial charge in [0, 0.05) is 25.1 Å². The predicted octanol–water partition coefficient (Wildman–Crippen LogP) is 2.43. The highest BCUT2D eigenvalue weighted by molar-refractivity contribution is 5.70. The standard InChI is InChI=1S/C16H22N4O4/c1-10-12-9-19(15(21)24-16(2,3)4)13(10)8-18(12)11-5-6-14(17-7-11)20(22)23/h5-7,10,12-13H,8-9H2,1-4H3/t10-,12+,13?/m1/s1. The van der Waals surface area contributed by atoms with Crippen LogP contribution in [0.25, 0.3) is 0 Å². The van der Waals surface area contributed by atoms with Crippen LogP contribution in [-0.2, 0) is 4.74 Å². The smallest absolute Gasteiger partial charge is 0.410 e. The van der Waals surface area contributed by atoms with Crippen LogP contribution >= 0.6 is 0 Å². The summed E-state index contributed by atoms with van der Waals surface area (Å²) in [7, 11) is 0. The van der Waals surface area contributed by atoms with Crippen molar-refractivity contribution >= 4 is 17.6 Å². The number of pyridine rings is 1. The number of rotatable bonds is 2. The van der Waals surface area contributed by atoms with Crippen molar-refractivity contribution in [2.24, 2.45) is 5.92 Å². The van der Waals surface area contributed by atoms with Crippen molar-refractivity contribution in [3.8, 4) is 0 Å². The van der Waals surface area contributed by atoms with Gasteiger partial charge in [-0.2, -0.15) is 0 Å². The van der Waals surface area contributed by atoms with Crippen LogP contribution in [0.3, 0.4) is 0 Å². The summed E-state index contributed by atoms with van der Waals surface area (Å²) in [4.78, 5) is 30.4. The van der Waals surface area contributed by atoms with Gasteiger partial charge in [-0.3, -0.25) is 0 Å². The summed E-state index contributed by atoms with van der Waals surface area (Å²) in [5.74, 6) is 0.152. The van der Waals surface area contributed by atoms with E-state index in [-0.39, 0.29) is 24.0 Å². The van der Waals surface area contributed by atoms with Gasteiger partial charge in [0.15, 0.2) is 6.20 Å². The monoisotopic (exact) mass is 334 g/mol. The van der Waals surface area contributed by atoms with Crippen molar-refractivity contribution in [3.63, 3.8) is 0 Å². The first-order valence-corrected chi connectivity index (χ1v) is 8.04. The molecule has 130 valence electrons. The second kappa shape index (κ2) is 5.61. The van der Waals surface area contributed by atoms with Gasteiger partial charge < -0.3 is 24.7 Å². The molecule has 3 rings (SSSR count). The molecular weight excluding hydrogens is 312 g/mol. The summed E-state index contributed by atoms with van der Waals surface area (Å²) in [5, 5.41) is 10.7. The van der Waals surface area contributed by atoms with E-state index in [9.17, 15) is 14.9 Å². The minimum Gasteiger partial charge on any atom is -0.444 e. The van der Waals surface area contributed by atoms with Gasteiger partial charge in [0.1, 0.15) is 5.60 Å². The molecule has 2 saturated heterocycles. The molecule has 1 aromatic heterocycles. The Labute approximate surface area is 140 Å². The number of hydrogen-bond donors (Lipinski definition) is 0. The summed E-state index contributed by atoms with van der Waals surface area (Å²) >= 11 is 0. The summed E-state index contributed by atoms with van der Waals surface area (Å²) < 4.78 is 5.49. The maximum atomic E-state index is 12.4. The number of nitro groups is 1. The van der Waals surface area contributed by atoms with Crippen LogP contribution in [0.15, 0.2) is 18.3 Å². The van der Waals surface area contributed by atoms with Crippen molar-refractivity contribution in [3.05, 3.63) is 28.4 Å². The van der Waals surface area contributed by atoms with E-state index in [1.54, 1.807) is 11.0 Å². The summed E-state index contributed by atoms with van der Waals surface area (Å²) in [5.41, 5.74) is 0.341. The summed E-state index contributed by atoms with van der Waals surface area (Å²) in [6.07, 6.45) is 1.26. The Kier molecular flexibility index (Phi) is 3.85. The Morgan fingerprint density at radius 1 is 1.33 bits per heavy atom. The summed E-state index contributed by atoms with van der Waals surface area (Å²) in [6.45, 7) is 8.98. The van der Waals surface area contributed by atoms with Gasteiger partial charge in [-0.25, -0.2) is 4.79 Å². The number of carbonyl (C=O) groups excluding carboxylic acids is 1. The van der Waals surface area contributed by atoms with E-state index in [1.807, 2.05) is 20.8 Å². The van der Waals surface area contributed by atoms with Crippen molar-refractivity contribution in [2.45, 2.75) is 45.4 Å². The van der Waals surface area contributed by atoms with E-state index in [0.29, 0.717) is 19.0 Å². The van der Waals surface area contributed by atoms with E-state index in [0.717, 1.165) is 5.69 Å². The largest absolute Gasteiger partial charge is 0.444 e. The van der Waals surface area contributed by atoms with Crippen LogP contribution in [0, 0.1) is 16.0 Å². The van der Waals surface area contributed by atoms with Crippen LogP contribution in [0.2, 0.25) is 0 Å². The number of fused-ring (bicyclic) bond motifs is 2. The molecule has 1 unspecified atom stereocenters. The third-order valence-electron chi connectivity index (χ3n) is 4.66. The molecule has 2 fully saturated rings. The number of piperazine rings is 1. The van der Waals surface area contributed by atoms with Gasteiger partial charge in [0.05, 0.1) is 17.8 Å². The number of hydrogen-bond acceptors (Lipinski definition) is 6. The second-order valence-electron chi connectivity index (χ2n) is 7.41. The molecule has 2 bridgehead atoms. The van der Waals surface area contributed by atoms with E-state index in [2.05, 4.69) is 16.8 Å². The van der Waals surface area contributed by atoms with Crippen LogP contribution < -0.4 is 4.90 Å². The van der Waals surface area contributed by atoms with Crippen molar-refractivity contribution in [1.82, 2.24) is 9.88 Å². The fraction of sp³-hybridized carbons (Fsp3) is 0.625. The van der Waals surface area contributed by atoms with Crippen molar-refractivity contribution in [1.29, 1.82) is 0 Å². The lowest BCUT2D eigenvalue weighted by Crippen LogP contribution is -2.50. The SMILES string of the molecule is C[C@H]1C2CN(c3ccc([N+](=O)[O-])nc3)[C@H]1CN2C(=O)OC(C)(C)C. The third kappa shape index (κ3) is 2.88. The van der Waals surface area contributed by atoms with Crippen LogP contribution in [0.5, 0.6) is 0 Å². The maximum Gasteiger partial charge on any atom is 0.410 e. The molecule has 8 nitrogen and oxygen atoms in total. The molecule has 0 spiro atoms.